The Balaban J connectivity index is 3.23. The van der Waals surface area contributed by atoms with E-state index in [2.05, 4.69) is 6.92 Å². The standard InChI is InChI=1S/C19H41O3P/c1-4-6-7-8-9-10-11-12-13-14-15-16-17-18-19-23(20,21-3)22-5-2/h4-19H2,1-3H3. The first-order valence-electron chi connectivity index (χ1n) is 9.98. The lowest BCUT2D eigenvalue weighted by Gasteiger charge is -2.14. The molecule has 4 heteroatoms. The maximum atomic E-state index is 12.1. The van der Waals surface area contributed by atoms with Gasteiger partial charge in [-0.25, -0.2) is 0 Å². The van der Waals surface area contributed by atoms with Gasteiger partial charge >= 0.3 is 7.60 Å². The molecule has 0 saturated carbocycles. The molecule has 1 unspecified atom stereocenters. The fourth-order valence-corrected chi connectivity index (χ4v) is 4.33. The molecule has 0 amide bonds. The molecule has 0 N–H and O–H groups in total. The summed E-state index contributed by atoms with van der Waals surface area (Å²) >= 11 is 0. The van der Waals surface area contributed by atoms with E-state index in [0.29, 0.717) is 12.8 Å². The lowest BCUT2D eigenvalue weighted by molar-refractivity contribution is 0.243. The summed E-state index contributed by atoms with van der Waals surface area (Å²) in [6, 6.07) is 0. The molecule has 0 aliphatic heterocycles. The van der Waals surface area contributed by atoms with Gasteiger partial charge in [0.2, 0.25) is 0 Å². The van der Waals surface area contributed by atoms with Gasteiger partial charge < -0.3 is 9.05 Å². The molecule has 0 spiro atoms. The summed E-state index contributed by atoms with van der Waals surface area (Å²) in [4.78, 5) is 0. The zero-order valence-corrected chi connectivity index (χ0v) is 16.9. The Hall–Kier alpha value is 0.150. The molecule has 0 radical (unpaired) electrons. The minimum absolute atomic E-state index is 0.462. The van der Waals surface area contributed by atoms with Crippen molar-refractivity contribution < 1.29 is 13.6 Å². The van der Waals surface area contributed by atoms with Crippen molar-refractivity contribution >= 4 is 7.60 Å². The van der Waals surface area contributed by atoms with Crippen LogP contribution in [0.2, 0.25) is 0 Å². The van der Waals surface area contributed by atoms with E-state index in [1.54, 1.807) is 0 Å². The van der Waals surface area contributed by atoms with E-state index < -0.39 is 7.60 Å². The van der Waals surface area contributed by atoms with Gasteiger partial charge in [0.15, 0.2) is 0 Å². The molecule has 0 aliphatic rings. The Kier molecular flexibility index (Phi) is 17.1. The molecule has 0 aromatic rings. The van der Waals surface area contributed by atoms with Crippen LogP contribution in [0.25, 0.3) is 0 Å². The lowest BCUT2D eigenvalue weighted by atomic mass is 10.0. The SMILES string of the molecule is CCCCCCCCCCCCCCCCP(=O)(OC)OCC. The smallest absolute Gasteiger partial charge is 0.312 e. The summed E-state index contributed by atoms with van der Waals surface area (Å²) in [5.41, 5.74) is 0. The molecular weight excluding hydrogens is 307 g/mol. The summed E-state index contributed by atoms with van der Waals surface area (Å²) in [5, 5.41) is 0. The highest BCUT2D eigenvalue weighted by atomic mass is 31.2. The first-order chi connectivity index (χ1) is 11.2. The lowest BCUT2D eigenvalue weighted by Crippen LogP contribution is -1.97. The highest BCUT2D eigenvalue weighted by Crippen LogP contribution is 2.47. The fourth-order valence-electron chi connectivity index (χ4n) is 2.91. The molecule has 1 atom stereocenters. The molecule has 0 heterocycles. The van der Waals surface area contributed by atoms with Crippen LogP contribution in [0.4, 0.5) is 0 Å². The van der Waals surface area contributed by atoms with Gasteiger partial charge in [-0.05, 0) is 13.3 Å². The van der Waals surface area contributed by atoms with E-state index in [1.165, 1.54) is 84.2 Å². The van der Waals surface area contributed by atoms with E-state index in [-0.39, 0.29) is 0 Å². The van der Waals surface area contributed by atoms with Crippen molar-refractivity contribution in [3.05, 3.63) is 0 Å². The maximum Gasteiger partial charge on any atom is 0.330 e. The van der Waals surface area contributed by atoms with Crippen molar-refractivity contribution in [2.24, 2.45) is 0 Å². The highest BCUT2D eigenvalue weighted by Gasteiger charge is 2.20. The number of unbranched alkanes of at least 4 members (excludes halogenated alkanes) is 13. The van der Waals surface area contributed by atoms with Gasteiger partial charge in [0.25, 0.3) is 0 Å². The minimum atomic E-state index is -2.78. The molecule has 0 rings (SSSR count). The van der Waals surface area contributed by atoms with E-state index in [4.69, 9.17) is 9.05 Å². The van der Waals surface area contributed by atoms with Crippen molar-refractivity contribution in [1.29, 1.82) is 0 Å². The summed E-state index contributed by atoms with van der Waals surface area (Å²) in [6.45, 7) is 4.59. The van der Waals surface area contributed by atoms with Gasteiger partial charge in [0.05, 0.1) is 12.8 Å². The Morgan fingerprint density at radius 1 is 0.652 bits per heavy atom. The summed E-state index contributed by atoms with van der Waals surface area (Å²) in [7, 11) is -1.30. The molecule has 0 saturated heterocycles. The van der Waals surface area contributed by atoms with Crippen LogP contribution in [-0.4, -0.2) is 19.9 Å². The van der Waals surface area contributed by atoms with Crippen molar-refractivity contribution in [2.45, 2.75) is 104 Å². The third kappa shape index (κ3) is 15.4. The first kappa shape index (κ1) is 23.1. The Morgan fingerprint density at radius 2 is 1.04 bits per heavy atom. The van der Waals surface area contributed by atoms with E-state index in [1.807, 2.05) is 6.92 Å². The predicted octanol–water partition coefficient (Wildman–Crippen LogP) is 7.34. The van der Waals surface area contributed by atoms with Gasteiger partial charge in [-0.2, -0.15) is 0 Å². The zero-order valence-electron chi connectivity index (χ0n) is 16.0. The quantitative estimate of drug-likeness (QED) is 0.192. The van der Waals surface area contributed by atoms with Gasteiger partial charge in [-0.3, -0.25) is 4.57 Å². The van der Waals surface area contributed by atoms with Crippen LogP contribution >= 0.6 is 7.60 Å². The second kappa shape index (κ2) is 17.0. The van der Waals surface area contributed by atoms with E-state index in [9.17, 15) is 4.57 Å². The average molecular weight is 349 g/mol. The normalized spacial score (nSPS) is 14.0. The van der Waals surface area contributed by atoms with Gasteiger partial charge in [-0.15, -0.1) is 0 Å². The molecule has 0 aromatic carbocycles. The van der Waals surface area contributed by atoms with Crippen LogP contribution < -0.4 is 0 Å². The van der Waals surface area contributed by atoms with Gasteiger partial charge in [-0.1, -0.05) is 90.4 Å². The Morgan fingerprint density at radius 3 is 1.39 bits per heavy atom. The zero-order chi connectivity index (χ0) is 17.2. The predicted molar refractivity (Wildman–Crippen MR) is 101 cm³/mol. The fraction of sp³-hybridized carbons (Fsp3) is 1.00. The van der Waals surface area contributed by atoms with Crippen LogP contribution in [0.5, 0.6) is 0 Å². The van der Waals surface area contributed by atoms with Gasteiger partial charge in [0, 0.05) is 7.11 Å². The van der Waals surface area contributed by atoms with Crippen LogP contribution in [0, 0.1) is 0 Å². The van der Waals surface area contributed by atoms with E-state index >= 15 is 0 Å². The minimum Gasteiger partial charge on any atom is -0.312 e. The number of hydrogen-bond acceptors (Lipinski definition) is 3. The molecule has 0 aromatic heterocycles. The van der Waals surface area contributed by atoms with Crippen LogP contribution in [0.1, 0.15) is 104 Å². The molecule has 23 heavy (non-hydrogen) atoms. The summed E-state index contributed by atoms with van der Waals surface area (Å²) in [6.07, 6.45) is 19.2. The van der Waals surface area contributed by atoms with Crippen molar-refractivity contribution in [3.8, 4) is 0 Å². The third-order valence-electron chi connectivity index (χ3n) is 4.39. The number of hydrogen-bond donors (Lipinski definition) is 0. The molecule has 0 bridgehead atoms. The maximum absolute atomic E-state index is 12.1. The molecular formula is C19H41O3P. The molecule has 140 valence electrons. The second-order valence-corrected chi connectivity index (χ2v) is 8.82. The van der Waals surface area contributed by atoms with Crippen molar-refractivity contribution in [3.63, 3.8) is 0 Å². The third-order valence-corrected chi connectivity index (χ3v) is 6.46. The first-order valence-corrected chi connectivity index (χ1v) is 11.7. The van der Waals surface area contributed by atoms with Crippen molar-refractivity contribution in [2.75, 3.05) is 19.9 Å². The van der Waals surface area contributed by atoms with Crippen LogP contribution in [0.15, 0.2) is 0 Å². The highest BCUT2D eigenvalue weighted by molar-refractivity contribution is 7.53. The molecule has 0 fully saturated rings. The number of rotatable bonds is 18. The monoisotopic (exact) mass is 348 g/mol. The van der Waals surface area contributed by atoms with E-state index in [0.717, 1.165) is 12.8 Å². The second-order valence-electron chi connectivity index (χ2n) is 6.53. The van der Waals surface area contributed by atoms with Crippen LogP contribution in [0.3, 0.4) is 0 Å². The summed E-state index contributed by atoms with van der Waals surface area (Å²) in [5.74, 6) is 0. The summed E-state index contributed by atoms with van der Waals surface area (Å²) < 4.78 is 22.3. The Bertz CT molecular complexity index is 282. The molecule has 3 nitrogen and oxygen atoms in total. The largest absolute Gasteiger partial charge is 0.330 e. The topological polar surface area (TPSA) is 35.5 Å². The Labute approximate surface area is 145 Å². The van der Waals surface area contributed by atoms with Crippen LogP contribution in [-0.2, 0) is 13.6 Å². The van der Waals surface area contributed by atoms with Crippen molar-refractivity contribution in [1.82, 2.24) is 0 Å². The molecule has 0 aliphatic carbocycles. The van der Waals surface area contributed by atoms with Gasteiger partial charge in [0.1, 0.15) is 0 Å². The average Bonchev–Trinajstić information content (AvgIpc) is 2.55.